The van der Waals surface area contributed by atoms with E-state index in [2.05, 4.69) is 37.4 Å². The third-order valence-corrected chi connectivity index (χ3v) is 8.76. The molecule has 1 N–H and O–H groups in total. The maximum absolute atomic E-state index is 14.0. The van der Waals surface area contributed by atoms with Crippen molar-refractivity contribution in [2.45, 2.75) is 77.5 Å². The summed E-state index contributed by atoms with van der Waals surface area (Å²) in [6.07, 6.45) is 2.99. The Kier molecular flexibility index (Phi) is 9.16. The highest BCUT2D eigenvalue weighted by atomic mass is 16.5. The first-order chi connectivity index (χ1) is 19.4. The van der Waals surface area contributed by atoms with Gasteiger partial charge in [0, 0.05) is 13.5 Å². The van der Waals surface area contributed by atoms with Crippen molar-refractivity contribution in [3.8, 4) is 5.75 Å². The average molecular weight is 569 g/mol. The number of carbonyl (C=O) groups is 3. The Balaban J connectivity index is 1.82. The van der Waals surface area contributed by atoms with Gasteiger partial charge < -0.3 is 29.2 Å². The fourth-order valence-electron chi connectivity index (χ4n) is 6.08. The minimum absolute atomic E-state index is 0.0445. The molecule has 2 amide bonds. The number of esters is 1. The van der Waals surface area contributed by atoms with Crippen molar-refractivity contribution in [2.75, 3.05) is 34.5 Å². The van der Waals surface area contributed by atoms with Crippen LogP contribution >= 0.6 is 0 Å². The first-order valence-corrected chi connectivity index (χ1v) is 14.4. The van der Waals surface area contributed by atoms with E-state index in [4.69, 9.17) is 18.9 Å². The number of hydrogen-bond acceptors (Lipinski definition) is 7. The van der Waals surface area contributed by atoms with Crippen LogP contribution < -0.4 is 10.1 Å². The number of nitrogens with one attached hydrogen (secondary N) is 1. The Morgan fingerprint density at radius 1 is 1.07 bits per heavy atom. The van der Waals surface area contributed by atoms with Crippen molar-refractivity contribution in [3.05, 3.63) is 41.5 Å². The number of benzene rings is 2. The van der Waals surface area contributed by atoms with Gasteiger partial charge in [-0.1, -0.05) is 39.8 Å². The molecule has 2 aliphatic heterocycles. The molecular formula is C32H44N2O7. The van der Waals surface area contributed by atoms with Crippen molar-refractivity contribution in [1.82, 2.24) is 10.2 Å². The summed E-state index contributed by atoms with van der Waals surface area (Å²) in [6, 6.07) is 8.55. The number of nitrogens with zero attached hydrogens (tertiary/aromatic N) is 1. The Bertz CT molecular complexity index is 1290. The van der Waals surface area contributed by atoms with Gasteiger partial charge in [0.2, 0.25) is 5.91 Å². The van der Waals surface area contributed by atoms with Crippen molar-refractivity contribution < 1.29 is 33.3 Å². The summed E-state index contributed by atoms with van der Waals surface area (Å²) >= 11 is 0. The molecule has 3 atom stereocenters. The first-order valence-electron chi connectivity index (χ1n) is 14.4. The van der Waals surface area contributed by atoms with E-state index in [0.717, 1.165) is 46.9 Å². The van der Waals surface area contributed by atoms with E-state index in [9.17, 15) is 14.4 Å². The Morgan fingerprint density at radius 3 is 2.49 bits per heavy atom. The Hall–Kier alpha value is -3.33. The predicted octanol–water partition coefficient (Wildman–Crippen LogP) is 4.97. The molecule has 9 nitrogen and oxygen atoms in total. The molecule has 2 aliphatic rings. The molecule has 2 heterocycles. The first kappa shape index (κ1) is 30.6. The molecule has 0 radical (unpaired) electrons. The normalized spacial score (nSPS) is 25.4. The van der Waals surface area contributed by atoms with Gasteiger partial charge in [-0.15, -0.1) is 0 Å². The van der Waals surface area contributed by atoms with Crippen molar-refractivity contribution in [1.29, 1.82) is 0 Å². The second kappa shape index (κ2) is 12.3. The molecule has 224 valence electrons. The number of amides is 2. The third-order valence-electron chi connectivity index (χ3n) is 8.76. The Labute approximate surface area is 242 Å². The lowest BCUT2D eigenvalue weighted by Gasteiger charge is -2.31. The number of rotatable bonds is 4. The minimum atomic E-state index is -0.947. The van der Waals surface area contributed by atoms with Gasteiger partial charge in [0.1, 0.15) is 23.4 Å². The van der Waals surface area contributed by atoms with Crippen molar-refractivity contribution >= 4 is 28.7 Å². The molecule has 9 heteroatoms. The molecule has 4 rings (SSSR count). The van der Waals surface area contributed by atoms with Crippen LogP contribution in [0, 0.1) is 11.3 Å². The summed E-state index contributed by atoms with van der Waals surface area (Å²) in [5.41, 5.74) is 0.985. The second-order valence-electron chi connectivity index (χ2n) is 12.4. The van der Waals surface area contributed by atoms with Crippen LogP contribution in [0.5, 0.6) is 5.75 Å². The second-order valence-corrected chi connectivity index (χ2v) is 12.4. The van der Waals surface area contributed by atoms with E-state index in [1.54, 1.807) is 14.2 Å². The summed E-state index contributed by atoms with van der Waals surface area (Å²) in [6.45, 7) is 8.41. The lowest BCUT2D eigenvalue weighted by atomic mass is 9.83. The molecule has 2 aromatic carbocycles. The van der Waals surface area contributed by atoms with Crippen molar-refractivity contribution in [2.24, 2.45) is 11.3 Å². The smallest absolute Gasteiger partial charge is 0.407 e. The highest BCUT2D eigenvalue weighted by Gasteiger charge is 2.52. The highest BCUT2D eigenvalue weighted by Crippen LogP contribution is 2.42. The molecule has 0 aliphatic carbocycles. The number of ether oxygens (including phenoxy) is 4. The SMILES string of the molecule is COC(=O)[C@@H]1C[C@]2(OC)CN1C(=O)[C@H](C(C)C)NC(=O)OCCC(C)(C)CCCc1cc3cc2ccc3cc1OC. The molecule has 0 unspecified atom stereocenters. The van der Waals surface area contributed by atoms with Crippen LogP contribution in [0.4, 0.5) is 4.79 Å². The van der Waals surface area contributed by atoms with Crippen LogP contribution in [0.15, 0.2) is 30.3 Å². The topological polar surface area (TPSA) is 103 Å². The van der Waals surface area contributed by atoms with Crippen LogP contribution in [0.1, 0.15) is 64.5 Å². The van der Waals surface area contributed by atoms with Gasteiger partial charge in [-0.25, -0.2) is 9.59 Å². The standard InChI is InChI=1S/C32H44N2O7/c1-20(2)27-28(35)34-19-32(40-7,18-25(34)29(36)39-6)24-11-10-21-17-26(38-5)22(15-23(21)16-24)9-8-12-31(3,4)13-14-41-30(37)33-27/h10-11,15-17,20,25,27H,8-9,12-14,18-19H2,1-7H3,(H,33,37)/t25-,27-,32-/m0/s1. The molecule has 1 saturated heterocycles. The fourth-order valence-corrected chi connectivity index (χ4v) is 6.08. The van der Waals surface area contributed by atoms with E-state index in [0.29, 0.717) is 6.42 Å². The lowest BCUT2D eigenvalue weighted by molar-refractivity contribution is -0.151. The molecule has 0 spiro atoms. The maximum atomic E-state index is 14.0. The number of carbonyl (C=O) groups excluding carboxylic acids is 3. The third kappa shape index (κ3) is 6.45. The molecule has 5 bridgehead atoms. The van der Waals surface area contributed by atoms with Crippen molar-refractivity contribution in [3.63, 3.8) is 0 Å². The van der Waals surface area contributed by atoms with E-state index in [1.165, 1.54) is 12.0 Å². The number of hydrogen-bond donors (Lipinski definition) is 1. The molecule has 41 heavy (non-hydrogen) atoms. The van der Waals surface area contributed by atoms with Gasteiger partial charge in [0.05, 0.1) is 27.4 Å². The van der Waals surface area contributed by atoms with E-state index in [-0.39, 0.29) is 36.8 Å². The maximum Gasteiger partial charge on any atom is 0.407 e. The molecule has 0 aromatic heterocycles. The van der Waals surface area contributed by atoms with Crippen LogP contribution in [-0.4, -0.2) is 69.4 Å². The molecule has 2 aromatic rings. The van der Waals surface area contributed by atoms with E-state index >= 15 is 0 Å². The summed E-state index contributed by atoms with van der Waals surface area (Å²) in [7, 11) is 4.59. The molecular weight excluding hydrogens is 524 g/mol. The fraction of sp³-hybridized carbons (Fsp3) is 0.594. The molecule has 1 fully saturated rings. The molecule has 0 saturated carbocycles. The number of aryl methyl sites for hydroxylation is 1. The monoisotopic (exact) mass is 568 g/mol. The van der Waals surface area contributed by atoms with Gasteiger partial charge in [-0.2, -0.15) is 0 Å². The zero-order valence-corrected chi connectivity index (χ0v) is 25.4. The number of fused-ring (bicyclic) bond motifs is 5. The van der Waals surface area contributed by atoms with Crippen LogP contribution in [-0.2, 0) is 35.8 Å². The van der Waals surface area contributed by atoms with E-state index in [1.807, 2.05) is 26.0 Å². The lowest BCUT2D eigenvalue weighted by Crippen LogP contribution is -2.54. The largest absolute Gasteiger partial charge is 0.496 e. The van der Waals surface area contributed by atoms with Crippen LogP contribution in [0.2, 0.25) is 0 Å². The van der Waals surface area contributed by atoms with E-state index < -0.39 is 29.7 Å². The summed E-state index contributed by atoms with van der Waals surface area (Å²) in [5.74, 6) is -0.305. The quantitative estimate of drug-likeness (QED) is 0.520. The highest BCUT2D eigenvalue weighted by molar-refractivity contribution is 5.91. The average Bonchev–Trinajstić information content (AvgIpc) is 3.35. The summed E-state index contributed by atoms with van der Waals surface area (Å²) < 4.78 is 22.5. The van der Waals surface area contributed by atoms with Gasteiger partial charge in [0.25, 0.3) is 0 Å². The Morgan fingerprint density at radius 2 is 1.83 bits per heavy atom. The van der Waals surface area contributed by atoms with Gasteiger partial charge in [-0.05, 0) is 77.1 Å². The van der Waals surface area contributed by atoms with Gasteiger partial charge >= 0.3 is 12.1 Å². The number of methoxy groups -OCH3 is 3. The number of alkyl carbamates (subject to hydrolysis) is 1. The zero-order valence-electron chi connectivity index (χ0n) is 25.4. The zero-order chi connectivity index (χ0) is 29.9. The number of cyclic esters (lactones) is 1. The summed E-state index contributed by atoms with van der Waals surface area (Å²) in [4.78, 5) is 41.3. The summed E-state index contributed by atoms with van der Waals surface area (Å²) in [5, 5.41) is 4.83. The van der Waals surface area contributed by atoms with Gasteiger partial charge in [0.15, 0.2) is 0 Å². The van der Waals surface area contributed by atoms with Crippen LogP contribution in [0.25, 0.3) is 10.8 Å². The predicted molar refractivity (Wildman–Crippen MR) is 156 cm³/mol. The minimum Gasteiger partial charge on any atom is -0.496 e. The van der Waals surface area contributed by atoms with Crippen LogP contribution in [0.3, 0.4) is 0 Å². The van der Waals surface area contributed by atoms with Gasteiger partial charge in [-0.3, -0.25) is 4.79 Å².